The third-order valence-corrected chi connectivity index (χ3v) is 5.37. The van der Waals surface area contributed by atoms with Crippen molar-refractivity contribution in [1.82, 2.24) is 9.97 Å². The lowest BCUT2D eigenvalue weighted by Gasteiger charge is -2.07. The van der Waals surface area contributed by atoms with Gasteiger partial charge >= 0.3 is 0 Å². The van der Waals surface area contributed by atoms with Crippen LogP contribution < -0.4 is 5.32 Å². The van der Waals surface area contributed by atoms with Crippen molar-refractivity contribution >= 4 is 33.3 Å². The molecule has 2 aromatic heterocycles. The van der Waals surface area contributed by atoms with Crippen LogP contribution in [0.15, 0.2) is 29.6 Å². The van der Waals surface area contributed by atoms with E-state index in [4.69, 9.17) is 0 Å². The quantitative estimate of drug-likeness (QED) is 0.731. The number of amides is 1. The predicted octanol–water partition coefficient (Wildman–Crippen LogP) is 4.73. The summed E-state index contributed by atoms with van der Waals surface area (Å²) in [5.41, 5.74) is 4.26. The Morgan fingerprint density at radius 1 is 1.30 bits per heavy atom. The Morgan fingerprint density at radius 2 is 2.09 bits per heavy atom. The Bertz CT molecular complexity index is 858. The molecule has 1 aliphatic rings. The number of hydrogen-bond acceptors (Lipinski definition) is 3. The first-order valence-electron chi connectivity index (χ1n) is 8.06. The zero-order valence-electron chi connectivity index (χ0n) is 13.1. The number of nitrogens with zero attached hydrogens (tertiary/aromatic N) is 1. The van der Waals surface area contributed by atoms with Crippen molar-refractivity contribution in [3.05, 3.63) is 35.3 Å². The number of thiazole rings is 1. The first kappa shape index (κ1) is 14.5. The third kappa shape index (κ3) is 2.65. The van der Waals surface area contributed by atoms with Gasteiger partial charge in [-0.3, -0.25) is 4.79 Å². The molecular formula is C18H19N3OS. The molecule has 5 heteroatoms. The average Bonchev–Trinajstić information content (AvgIpc) is 3.25. The van der Waals surface area contributed by atoms with E-state index >= 15 is 0 Å². The number of aryl methyl sites for hydroxylation is 1. The van der Waals surface area contributed by atoms with E-state index in [1.807, 2.05) is 17.5 Å². The van der Waals surface area contributed by atoms with Gasteiger partial charge in [0.2, 0.25) is 5.91 Å². The molecule has 4 rings (SSSR count). The number of carbonyl (C=O) groups excluding carboxylic acids is 1. The number of H-pyrrole nitrogens is 1. The molecule has 1 aromatic carbocycles. The number of carbonyl (C=O) groups is 1. The van der Waals surface area contributed by atoms with Crippen LogP contribution in [0, 0.1) is 12.8 Å². The fourth-order valence-corrected chi connectivity index (χ4v) is 4.15. The van der Waals surface area contributed by atoms with Gasteiger partial charge < -0.3 is 10.3 Å². The molecule has 0 spiro atoms. The number of nitrogens with one attached hydrogen (secondary N) is 2. The molecule has 3 aromatic rings. The highest BCUT2D eigenvalue weighted by Gasteiger charge is 2.23. The zero-order chi connectivity index (χ0) is 15.8. The van der Waals surface area contributed by atoms with E-state index in [0.29, 0.717) is 5.13 Å². The first-order chi connectivity index (χ1) is 11.2. The van der Waals surface area contributed by atoms with Gasteiger partial charge in [-0.1, -0.05) is 31.0 Å². The van der Waals surface area contributed by atoms with Crippen molar-refractivity contribution in [2.75, 3.05) is 5.32 Å². The van der Waals surface area contributed by atoms with Crippen LogP contribution in [0.3, 0.4) is 0 Å². The van der Waals surface area contributed by atoms with E-state index in [1.165, 1.54) is 16.7 Å². The third-order valence-electron chi connectivity index (χ3n) is 4.61. The molecule has 1 amide bonds. The molecule has 1 saturated carbocycles. The molecule has 0 saturated heterocycles. The zero-order valence-corrected chi connectivity index (χ0v) is 13.9. The molecule has 4 nitrogen and oxygen atoms in total. The highest BCUT2D eigenvalue weighted by atomic mass is 32.1. The van der Waals surface area contributed by atoms with Crippen molar-refractivity contribution in [3.63, 3.8) is 0 Å². The summed E-state index contributed by atoms with van der Waals surface area (Å²) in [5.74, 6) is 0.288. The maximum atomic E-state index is 12.2. The Hall–Kier alpha value is -2.14. The van der Waals surface area contributed by atoms with E-state index in [9.17, 15) is 4.79 Å². The number of aromatic amines is 1. The van der Waals surface area contributed by atoms with E-state index in [-0.39, 0.29) is 11.8 Å². The van der Waals surface area contributed by atoms with Gasteiger partial charge in [0.1, 0.15) is 0 Å². The fraction of sp³-hybridized carbons (Fsp3) is 0.333. The average molecular weight is 325 g/mol. The van der Waals surface area contributed by atoms with Gasteiger partial charge in [-0.05, 0) is 25.8 Å². The SMILES string of the molecule is Cc1[nH]c2ccccc2c1-c1csc(NC(=O)C2CCCC2)n1. The number of benzene rings is 1. The van der Waals surface area contributed by atoms with E-state index in [1.54, 1.807) is 0 Å². The topological polar surface area (TPSA) is 57.8 Å². The lowest BCUT2D eigenvalue weighted by molar-refractivity contribution is -0.119. The van der Waals surface area contributed by atoms with Crippen LogP contribution >= 0.6 is 11.3 Å². The number of fused-ring (bicyclic) bond motifs is 1. The first-order valence-corrected chi connectivity index (χ1v) is 8.94. The van der Waals surface area contributed by atoms with Crippen LogP contribution in [0.2, 0.25) is 0 Å². The largest absolute Gasteiger partial charge is 0.358 e. The predicted molar refractivity (Wildman–Crippen MR) is 94.7 cm³/mol. The van der Waals surface area contributed by atoms with Gasteiger partial charge in [0.05, 0.1) is 5.69 Å². The minimum Gasteiger partial charge on any atom is -0.358 e. The molecule has 2 N–H and O–H groups in total. The summed E-state index contributed by atoms with van der Waals surface area (Å²) in [4.78, 5) is 20.3. The van der Waals surface area contributed by atoms with Gasteiger partial charge in [0, 0.05) is 33.5 Å². The minimum atomic E-state index is 0.124. The monoisotopic (exact) mass is 325 g/mol. The number of hydrogen-bond donors (Lipinski definition) is 2. The fourth-order valence-electron chi connectivity index (χ4n) is 3.45. The van der Waals surface area contributed by atoms with Crippen LogP contribution in [0.4, 0.5) is 5.13 Å². The maximum Gasteiger partial charge on any atom is 0.229 e. The van der Waals surface area contributed by atoms with Gasteiger partial charge in [-0.25, -0.2) is 4.98 Å². The van der Waals surface area contributed by atoms with E-state index in [2.05, 4.69) is 34.3 Å². The molecular weight excluding hydrogens is 306 g/mol. The molecule has 1 aliphatic carbocycles. The van der Waals surface area contributed by atoms with Crippen LogP contribution in [-0.2, 0) is 4.79 Å². The summed E-state index contributed by atoms with van der Waals surface area (Å²) in [7, 11) is 0. The van der Waals surface area contributed by atoms with Crippen molar-refractivity contribution < 1.29 is 4.79 Å². The molecule has 2 heterocycles. The number of aromatic nitrogens is 2. The van der Waals surface area contributed by atoms with Crippen LogP contribution in [0.5, 0.6) is 0 Å². The Balaban J connectivity index is 1.62. The molecule has 23 heavy (non-hydrogen) atoms. The van der Waals surface area contributed by atoms with Crippen LogP contribution in [-0.4, -0.2) is 15.9 Å². The molecule has 0 unspecified atom stereocenters. The van der Waals surface area contributed by atoms with Gasteiger partial charge in [-0.2, -0.15) is 0 Å². The second kappa shape index (κ2) is 5.81. The molecule has 0 atom stereocenters. The maximum absolute atomic E-state index is 12.2. The van der Waals surface area contributed by atoms with Gasteiger partial charge in [-0.15, -0.1) is 11.3 Å². The van der Waals surface area contributed by atoms with Crippen molar-refractivity contribution in [2.24, 2.45) is 5.92 Å². The summed E-state index contributed by atoms with van der Waals surface area (Å²) in [6.45, 7) is 2.06. The minimum absolute atomic E-state index is 0.124. The van der Waals surface area contributed by atoms with Crippen LogP contribution in [0.25, 0.3) is 22.2 Å². The second-order valence-corrected chi connectivity index (χ2v) is 7.04. The van der Waals surface area contributed by atoms with Crippen LogP contribution in [0.1, 0.15) is 31.4 Å². The normalized spacial score (nSPS) is 15.3. The number of anilines is 1. The summed E-state index contributed by atoms with van der Waals surface area (Å²) >= 11 is 1.50. The summed E-state index contributed by atoms with van der Waals surface area (Å²) in [5, 5.41) is 6.88. The molecule has 0 aliphatic heterocycles. The smallest absolute Gasteiger partial charge is 0.229 e. The second-order valence-electron chi connectivity index (χ2n) is 6.18. The highest BCUT2D eigenvalue weighted by molar-refractivity contribution is 7.14. The van der Waals surface area contributed by atoms with Crippen molar-refractivity contribution in [3.8, 4) is 11.3 Å². The Labute approximate surface area is 138 Å². The number of para-hydroxylation sites is 1. The van der Waals surface area contributed by atoms with Gasteiger partial charge in [0.25, 0.3) is 0 Å². The lowest BCUT2D eigenvalue weighted by atomic mass is 10.1. The molecule has 118 valence electrons. The lowest BCUT2D eigenvalue weighted by Crippen LogP contribution is -2.20. The van der Waals surface area contributed by atoms with Crippen molar-refractivity contribution in [1.29, 1.82) is 0 Å². The Kier molecular flexibility index (Phi) is 3.65. The molecule has 0 radical (unpaired) electrons. The molecule has 1 fully saturated rings. The van der Waals surface area contributed by atoms with E-state index < -0.39 is 0 Å². The summed E-state index contributed by atoms with van der Waals surface area (Å²) < 4.78 is 0. The highest BCUT2D eigenvalue weighted by Crippen LogP contribution is 2.34. The summed E-state index contributed by atoms with van der Waals surface area (Å²) in [6, 6.07) is 8.23. The Morgan fingerprint density at radius 3 is 2.91 bits per heavy atom. The van der Waals surface area contributed by atoms with E-state index in [0.717, 1.165) is 48.2 Å². The summed E-state index contributed by atoms with van der Waals surface area (Å²) in [6.07, 6.45) is 4.34. The standard InChI is InChI=1S/C18H19N3OS/c1-11-16(13-8-4-5-9-14(13)19-11)15-10-23-18(20-15)21-17(22)12-6-2-3-7-12/h4-5,8-10,12,19H,2-3,6-7H2,1H3,(H,20,21,22). The molecule has 0 bridgehead atoms. The number of rotatable bonds is 3. The van der Waals surface area contributed by atoms with Gasteiger partial charge in [0.15, 0.2) is 5.13 Å². The van der Waals surface area contributed by atoms with Crippen molar-refractivity contribution in [2.45, 2.75) is 32.6 Å².